The molecule has 0 atom stereocenters. The molecule has 168 valence electrons. The summed E-state index contributed by atoms with van der Waals surface area (Å²) in [4.78, 5) is 8.83. The number of rotatable bonds is 2. The van der Waals surface area contributed by atoms with Crippen LogP contribution in [-0.2, 0) is 13.5 Å². The topological polar surface area (TPSA) is 25.5 Å². The molecule has 0 spiro atoms. The molecule has 4 aromatic carbocycles. The van der Waals surface area contributed by atoms with Crippen molar-refractivity contribution in [2.75, 3.05) is 0 Å². The number of para-hydroxylation sites is 1. The number of fused-ring (bicyclic) bond motifs is 7. The molecule has 0 unspecified atom stereocenters. The summed E-state index contributed by atoms with van der Waals surface area (Å²) in [5, 5.41) is 7.46. The lowest BCUT2D eigenvalue weighted by Gasteiger charge is -2.17. The minimum Gasteiger partial charge on any atom is -0.311 e. The molecule has 35 heavy (non-hydrogen) atoms. The van der Waals surface area contributed by atoms with Gasteiger partial charge < -0.3 is 9.25 Å². The number of aromatic nitrogens is 3. The van der Waals surface area contributed by atoms with Crippen LogP contribution in [0.3, 0.4) is 0 Å². The maximum absolute atomic E-state index is 7.77. The van der Waals surface area contributed by atoms with Crippen LogP contribution in [0.4, 0.5) is 0 Å². The number of pyridine rings is 1. The predicted octanol–water partition coefficient (Wildman–Crippen LogP) is 6.91. The molecule has 0 radical (unpaired) electrons. The zero-order valence-corrected chi connectivity index (χ0v) is 20.3. The van der Waals surface area contributed by atoms with Crippen LogP contribution in [0, 0.1) is 13.5 Å². The van der Waals surface area contributed by atoms with Gasteiger partial charge in [0, 0.05) is 30.0 Å². The van der Waals surface area contributed by atoms with Gasteiger partial charge in [-0.3, -0.25) is 0 Å². The highest BCUT2D eigenvalue weighted by Gasteiger charge is 2.30. The van der Waals surface area contributed by atoms with Crippen molar-refractivity contribution in [3.05, 3.63) is 89.5 Å². The molecule has 4 heteroatoms. The van der Waals surface area contributed by atoms with Gasteiger partial charge >= 0.3 is 0 Å². The molecule has 3 heterocycles. The van der Waals surface area contributed by atoms with Crippen molar-refractivity contribution in [3.63, 3.8) is 0 Å². The molecule has 0 saturated carbocycles. The first-order valence-electron chi connectivity index (χ1n) is 12.0. The summed E-state index contributed by atoms with van der Waals surface area (Å²) in [5.74, 6) is 0. The summed E-state index contributed by atoms with van der Waals surface area (Å²) >= 11 is 0. The van der Waals surface area contributed by atoms with Gasteiger partial charge in [-0.1, -0.05) is 42.5 Å². The number of hydrogen-bond acceptors (Lipinski definition) is 1. The SMILES string of the molecule is [C-]#[N+]C(C)(C)Cc1cc2nc[n+](C)c3c4c(C)c5ccccc5cc4n4c5ccccc5c1c4c23. The van der Waals surface area contributed by atoms with Crippen molar-refractivity contribution in [3.8, 4) is 0 Å². The van der Waals surface area contributed by atoms with Crippen LogP contribution in [0.25, 0.3) is 64.7 Å². The molecule has 0 aliphatic heterocycles. The van der Waals surface area contributed by atoms with E-state index in [9.17, 15) is 0 Å². The first-order valence-corrected chi connectivity index (χ1v) is 12.0. The molecule has 4 nitrogen and oxygen atoms in total. The fourth-order valence-electron chi connectivity index (χ4n) is 6.13. The standard InChI is InChI=1S/C31H25N4/c1-18-21-11-7-6-10-19(21)15-25-26(18)29-28-23(33-17-34(29)5)14-20(16-31(2,3)32-4)27-22-12-8-9-13-24(22)35(25)30(27)28/h6-15,17H,16H2,1-3,5H3/q+1. The van der Waals surface area contributed by atoms with Gasteiger partial charge in [0.25, 0.3) is 6.33 Å². The third-order valence-electron chi connectivity index (χ3n) is 7.65. The number of aryl methyl sites for hydroxylation is 2. The zero-order chi connectivity index (χ0) is 24.1. The van der Waals surface area contributed by atoms with Crippen molar-refractivity contribution >= 4 is 59.9 Å². The van der Waals surface area contributed by atoms with Gasteiger partial charge in [0.05, 0.1) is 35.4 Å². The highest BCUT2D eigenvalue weighted by atomic mass is 15.0. The third-order valence-corrected chi connectivity index (χ3v) is 7.65. The molecule has 0 aliphatic carbocycles. The Hall–Kier alpha value is -4.23. The average molecular weight is 454 g/mol. The largest absolute Gasteiger partial charge is 0.311 e. The molecule has 0 amide bonds. The van der Waals surface area contributed by atoms with Gasteiger partial charge in [0.2, 0.25) is 5.54 Å². The van der Waals surface area contributed by atoms with E-state index in [1.54, 1.807) is 0 Å². The highest BCUT2D eigenvalue weighted by molar-refractivity contribution is 6.28. The van der Waals surface area contributed by atoms with Crippen molar-refractivity contribution in [1.29, 1.82) is 0 Å². The summed E-state index contributed by atoms with van der Waals surface area (Å²) in [6, 6.07) is 21.9. The van der Waals surface area contributed by atoms with Crippen LogP contribution in [0.1, 0.15) is 25.0 Å². The summed E-state index contributed by atoms with van der Waals surface area (Å²) in [6.07, 6.45) is 2.61. The number of hydrogen-bond donors (Lipinski definition) is 0. The molecule has 3 aromatic heterocycles. The Morgan fingerprint density at radius 2 is 1.69 bits per heavy atom. The lowest BCUT2D eigenvalue weighted by Crippen LogP contribution is -2.30. The van der Waals surface area contributed by atoms with E-state index in [2.05, 4.69) is 88.4 Å². The minimum absolute atomic E-state index is 0.485. The molecule has 7 rings (SSSR count). The second-order valence-corrected chi connectivity index (χ2v) is 10.4. The van der Waals surface area contributed by atoms with E-state index in [4.69, 9.17) is 11.6 Å². The first-order chi connectivity index (χ1) is 16.9. The average Bonchev–Trinajstić information content (AvgIpc) is 3.21. The van der Waals surface area contributed by atoms with E-state index in [-0.39, 0.29) is 0 Å². The quantitative estimate of drug-likeness (QED) is 0.121. The Balaban J connectivity index is 1.86. The normalized spacial score (nSPS) is 12.7. The molecule has 0 N–H and O–H groups in total. The molecule has 7 aromatic rings. The van der Waals surface area contributed by atoms with E-state index < -0.39 is 5.54 Å². The molecule has 0 fully saturated rings. The van der Waals surface area contributed by atoms with Crippen LogP contribution < -0.4 is 4.57 Å². The maximum atomic E-state index is 7.77. The number of benzene rings is 4. The third kappa shape index (κ3) is 2.56. The summed E-state index contributed by atoms with van der Waals surface area (Å²) in [7, 11) is 2.10. The monoisotopic (exact) mass is 453 g/mol. The molecule has 0 saturated heterocycles. The van der Waals surface area contributed by atoms with Gasteiger partial charge in [0.1, 0.15) is 5.52 Å². The Kier molecular flexibility index (Phi) is 3.85. The first kappa shape index (κ1) is 20.2. The lowest BCUT2D eigenvalue weighted by atomic mass is 9.90. The van der Waals surface area contributed by atoms with E-state index in [1.807, 2.05) is 20.2 Å². The van der Waals surface area contributed by atoms with Crippen LogP contribution in [0.5, 0.6) is 0 Å². The van der Waals surface area contributed by atoms with Crippen LogP contribution in [0.15, 0.2) is 67.0 Å². The zero-order valence-electron chi connectivity index (χ0n) is 20.3. The predicted molar refractivity (Wildman–Crippen MR) is 144 cm³/mol. The smallest absolute Gasteiger partial charge is 0.287 e. The van der Waals surface area contributed by atoms with Gasteiger partial charge in [-0.15, -0.1) is 0 Å². The van der Waals surface area contributed by atoms with Crippen molar-refractivity contribution in [2.45, 2.75) is 32.7 Å². The second kappa shape index (κ2) is 6.67. The number of nitrogens with zero attached hydrogens (tertiary/aromatic N) is 4. The Morgan fingerprint density at radius 1 is 0.943 bits per heavy atom. The van der Waals surface area contributed by atoms with Crippen LogP contribution >= 0.6 is 0 Å². The minimum atomic E-state index is -0.485. The van der Waals surface area contributed by atoms with Gasteiger partial charge in [0.15, 0.2) is 5.52 Å². The van der Waals surface area contributed by atoms with E-state index in [1.165, 1.54) is 65.5 Å². The molecule has 0 aliphatic rings. The van der Waals surface area contributed by atoms with E-state index in [0.717, 1.165) is 5.52 Å². The summed E-state index contributed by atoms with van der Waals surface area (Å²) < 4.78 is 4.62. The Labute approximate surface area is 203 Å². The van der Waals surface area contributed by atoms with Crippen LogP contribution in [0.2, 0.25) is 0 Å². The van der Waals surface area contributed by atoms with Crippen molar-refractivity contribution < 1.29 is 4.57 Å². The fraction of sp³-hybridized carbons (Fsp3) is 0.194. The lowest BCUT2D eigenvalue weighted by molar-refractivity contribution is -0.646. The highest BCUT2D eigenvalue weighted by Crippen LogP contribution is 2.44. The van der Waals surface area contributed by atoms with E-state index >= 15 is 0 Å². The maximum Gasteiger partial charge on any atom is 0.287 e. The Bertz CT molecular complexity index is 2040. The van der Waals surface area contributed by atoms with E-state index in [0.29, 0.717) is 6.42 Å². The molecular weight excluding hydrogens is 428 g/mol. The van der Waals surface area contributed by atoms with Gasteiger partial charge in [-0.2, -0.15) is 0 Å². The second-order valence-electron chi connectivity index (χ2n) is 10.4. The molecular formula is C31H25N4+. The fourth-order valence-corrected chi connectivity index (χ4v) is 6.13. The van der Waals surface area contributed by atoms with Gasteiger partial charge in [-0.05, 0) is 52.0 Å². The van der Waals surface area contributed by atoms with Crippen LogP contribution in [-0.4, -0.2) is 14.9 Å². The summed E-state index contributed by atoms with van der Waals surface area (Å²) in [5.41, 5.74) is 7.82. The molecule has 0 bridgehead atoms. The summed E-state index contributed by atoms with van der Waals surface area (Å²) in [6.45, 7) is 14.1. The van der Waals surface area contributed by atoms with Crippen molar-refractivity contribution in [1.82, 2.24) is 9.38 Å². The van der Waals surface area contributed by atoms with Gasteiger partial charge in [-0.25, -0.2) is 11.1 Å². The Morgan fingerprint density at radius 3 is 2.49 bits per heavy atom. The van der Waals surface area contributed by atoms with Crippen molar-refractivity contribution in [2.24, 2.45) is 7.05 Å².